The molecule has 3 rings (SSSR count). The number of amides is 1. The van der Waals surface area contributed by atoms with Crippen molar-refractivity contribution in [2.45, 2.75) is 45.4 Å². The second-order valence-electron chi connectivity index (χ2n) is 7.25. The molecule has 0 unspecified atom stereocenters. The number of rotatable bonds is 9. The molecule has 1 N–H and O–H groups in total. The van der Waals surface area contributed by atoms with Gasteiger partial charge in [-0.25, -0.2) is 9.59 Å². The Balaban J connectivity index is 1.53. The number of hydrogen-bond acceptors (Lipinski definition) is 4. The molecule has 2 aromatic rings. The van der Waals surface area contributed by atoms with Gasteiger partial charge in [0, 0.05) is 0 Å². The number of nitrogens with one attached hydrogen (secondary N) is 1. The van der Waals surface area contributed by atoms with Crippen LogP contribution < -0.4 is 5.32 Å². The van der Waals surface area contributed by atoms with E-state index in [-0.39, 0.29) is 13.2 Å². The Hall–Kier alpha value is -2.82. The molecule has 0 heterocycles. The highest BCUT2D eigenvalue weighted by atomic mass is 16.6. The van der Waals surface area contributed by atoms with E-state index in [2.05, 4.69) is 12.2 Å². The maximum absolute atomic E-state index is 12.6. The van der Waals surface area contributed by atoms with Crippen LogP contribution in [-0.2, 0) is 27.5 Å². The average molecular weight is 381 g/mol. The average Bonchev–Trinajstić information content (AvgIpc) is 3.49. The third-order valence-corrected chi connectivity index (χ3v) is 5.15. The van der Waals surface area contributed by atoms with Crippen LogP contribution in [0.2, 0.25) is 0 Å². The van der Waals surface area contributed by atoms with Gasteiger partial charge in [0.15, 0.2) is 0 Å². The van der Waals surface area contributed by atoms with Crippen molar-refractivity contribution < 1.29 is 19.1 Å². The molecule has 5 heteroatoms. The van der Waals surface area contributed by atoms with Crippen LogP contribution in [-0.4, -0.2) is 18.1 Å². The van der Waals surface area contributed by atoms with Crippen LogP contribution in [0.3, 0.4) is 0 Å². The summed E-state index contributed by atoms with van der Waals surface area (Å²) in [5.41, 5.74) is 1.81. The molecular weight excluding hydrogens is 354 g/mol. The first kappa shape index (κ1) is 19.9. The highest BCUT2D eigenvalue weighted by molar-refractivity contribution is 5.81. The van der Waals surface area contributed by atoms with E-state index in [0.29, 0.717) is 18.3 Å². The van der Waals surface area contributed by atoms with Crippen LogP contribution in [0.4, 0.5) is 4.79 Å². The molecule has 0 saturated heterocycles. The van der Waals surface area contributed by atoms with Crippen LogP contribution in [0.5, 0.6) is 0 Å². The van der Waals surface area contributed by atoms with Gasteiger partial charge in [-0.3, -0.25) is 0 Å². The summed E-state index contributed by atoms with van der Waals surface area (Å²) in [6.45, 7) is 2.51. The summed E-state index contributed by atoms with van der Waals surface area (Å²) >= 11 is 0. The minimum Gasteiger partial charge on any atom is -0.459 e. The van der Waals surface area contributed by atoms with Crippen molar-refractivity contribution in [3.8, 4) is 0 Å². The normalized spacial score (nSPS) is 18.8. The lowest BCUT2D eigenvalue weighted by Crippen LogP contribution is -2.42. The van der Waals surface area contributed by atoms with Gasteiger partial charge in [-0.15, -0.1) is 0 Å². The smallest absolute Gasteiger partial charge is 0.408 e. The molecule has 28 heavy (non-hydrogen) atoms. The predicted molar refractivity (Wildman–Crippen MR) is 106 cm³/mol. The molecule has 3 atom stereocenters. The molecular formula is C23H27NO4. The van der Waals surface area contributed by atoms with Gasteiger partial charge in [0.05, 0.1) is 0 Å². The van der Waals surface area contributed by atoms with Gasteiger partial charge in [-0.05, 0) is 35.8 Å². The first-order valence-electron chi connectivity index (χ1n) is 9.83. The van der Waals surface area contributed by atoms with Crippen molar-refractivity contribution in [1.82, 2.24) is 5.32 Å². The number of carbonyl (C=O) groups is 2. The summed E-state index contributed by atoms with van der Waals surface area (Å²) in [6, 6.07) is 18.3. The summed E-state index contributed by atoms with van der Waals surface area (Å²) in [5.74, 6) is 0.669. The molecule has 0 radical (unpaired) electrons. The highest BCUT2D eigenvalue weighted by Crippen LogP contribution is 2.44. The predicted octanol–water partition coefficient (Wildman–Crippen LogP) is 4.46. The quantitative estimate of drug-likeness (QED) is 0.651. The number of ether oxygens (including phenoxy) is 2. The summed E-state index contributed by atoms with van der Waals surface area (Å²) in [7, 11) is 0. The molecule has 1 amide bonds. The number of benzene rings is 2. The standard InChI is InChI=1S/C23H27NO4/c1-2-19-13-20(19)14-21(22(25)27-15-17-9-5-3-6-10-17)24-23(26)28-16-18-11-7-4-8-12-18/h3-12,19-21H,2,13-16H2,1H3,(H,24,26)/t19-,20+,21-/m0/s1. The van der Waals surface area contributed by atoms with E-state index in [1.807, 2.05) is 60.7 Å². The lowest BCUT2D eigenvalue weighted by Gasteiger charge is -2.18. The van der Waals surface area contributed by atoms with Crippen molar-refractivity contribution in [3.63, 3.8) is 0 Å². The monoisotopic (exact) mass is 381 g/mol. The van der Waals surface area contributed by atoms with E-state index >= 15 is 0 Å². The van der Waals surface area contributed by atoms with Gasteiger partial charge in [-0.2, -0.15) is 0 Å². The van der Waals surface area contributed by atoms with Crippen LogP contribution in [0.15, 0.2) is 60.7 Å². The molecule has 0 spiro atoms. The summed E-state index contributed by atoms with van der Waals surface area (Å²) in [5, 5.41) is 2.70. The minimum atomic E-state index is -0.687. The zero-order valence-corrected chi connectivity index (χ0v) is 16.2. The van der Waals surface area contributed by atoms with E-state index in [0.717, 1.165) is 24.0 Å². The SMILES string of the molecule is CC[C@H]1C[C@@H]1C[C@H](NC(=O)OCc1ccccc1)C(=O)OCc1ccccc1. The molecule has 0 aromatic heterocycles. The number of alkyl carbamates (subject to hydrolysis) is 1. The lowest BCUT2D eigenvalue weighted by molar-refractivity contribution is -0.147. The fourth-order valence-electron chi connectivity index (χ4n) is 3.35. The van der Waals surface area contributed by atoms with E-state index < -0.39 is 18.1 Å². The number of hydrogen-bond donors (Lipinski definition) is 1. The van der Waals surface area contributed by atoms with E-state index in [1.54, 1.807) is 0 Å². The van der Waals surface area contributed by atoms with E-state index in [9.17, 15) is 9.59 Å². The third kappa shape index (κ3) is 6.12. The zero-order valence-electron chi connectivity index (χ0n) is 16.2. The molecule has 0 aliphatic heterocycles. The van der Waals surface area contributed by atoms with Crippen LogP contribution >= 0.6 is 0 Å². The van der Waals surface area contributed by atoms with Gasteiger partial charge in [0.1, 0.15) is 19.3 Å². The summed E-state index contributed by atoms with van der Waals surface area (Å²) < 4.78 is 10.7. The van der Waals surface area contributed by atoms with Crippen LogP contribution in [0.25, 0.3) is 0 Å². The van der Waals surface area contributed by atoms with Gasteiger partial charge in [-0.1, -0.05) is 74.0 Å². The van der Waals surface area contributed by atoms with Gasteiger partial charge in [0.2, 0.25) is 0 Å². The van der Waals surface area contributed by atoms with Crippen molar-refractivity contribution in [2.75, 3.05) is 0 Å². The maximum Gasteiger partial charge on any atom is 0.408 e. The molecule has 148 valence electrons. The third-order valence-electron chi connectivity index (χ3n) is 5.15. The number of carbonyl (C=O) groups excluding carboxylic acids is 2. The first-order valence-corrected chi connectivity index (χ1v) is 9.83. The Morgan fingerprint density at radius 1 is 0.929 bits per heavy atom. The molecule has 0 bridgehead atoms. The van der Waals surface area contributed by atoms with Crippen molar-refractivity contribution in [1.29, 1.82) is 0 Å². The largest absolute Gasteiger partial charge is 0.459 e. The highest BCUT2D eigenvalue weighted by Gasteiger charge is 2.39. The molecule has 1 saturated carbocycles. The van der Waals surface area contributed by atoms with Gasteiger partial charge >= 0.3 is 12.1 Å². The summed E-state index contributed by atoms with van der Waals surface area (Å²) in [6.07, 6.45) is 2.18. The molecule has 5 nitrogen and oxygen atoms in total. The first-order chi connectivity index (χ1) is 13.7. The van der Waals surface area contributed by atoms with Crippen molar-refractivity contribution in [3.05, 3.63) is 71.8 Å². The Morgan fingerprint density at radius 2 is 1.50 bits per heavy atom. The Bertz CT molecular complexity index is 763. The molecule has 1 aliphatic carbocycles. The topological polar surface area (TPSA) is 64.6 Å². The Kier molecular flexibility index (Phi) is 7.06. The van der Waals surface area contributed by atoms with Gasteiger partial charge < -0.3 is 14.8 Å². The second-order valence-corrected chi connectivity index (χ2v) is 7.25. The zero-order chi connectivity index (χ0) is 19.8. The minimum absolute atomic E-state index is 0.166. The number of esters is 1. The fourth-order valence-corrected chi connectivity index (χ4v) is 3.35. The van der Waals surface area contributed by atoms with Gasteiger partial charge in [0.25, 0.3) is 0 Å². The molecule has 2 aromatic carbocycles. The van der Waals surface area contributed by atoms with Crippen molar-refractivity contribution >= 4 is 12.1 Å². The Morgan fingerprint density at radius 3 is 2.04 bits per heavy atom. The lowest BCUT2D eigenvalue weighted by atomic mass is 10.1. The fraction of sp³-hybridized carbons (Fsp3) is 0.391. The Labute approximate surface area is 166 Å². The molecule has 1 aliphatic rings. The maximum atomic E-state index is 12.6. The second kappa shape index (κ2) is 9.93. The van der Waals surface area contributed by atoms with Crippen LogP contribution in [0, 0.1) is 11.8 Å². The summed E-state index contributed by atoms with van der Waals surface area (Å²) in [4.78, 5) is 24.8. The van der Waals surface area contributed by atoms with Crippen LogP contribution in [0.1, 0.15) is 37.3 Å². The molecule has 1 fully saturated rings. The van der Waals surface area contributed by atoms with E-state index in [1.165, 1.54) is 0 Å². The van der Waals surface area contributed by atoms with Crippen molar-refractivity contribution in [2.24, 2.45) is 11.8 Å². The van der Waals surface area contributed by atoms with E-state index in [4.69, 9.17) is 9.47 Å².